The van der Waals surface area contributed by atoms with Crippen molar-refractivity contribution in [1.82, 2.24) is 20.4 Å². The van der Waals surface area contributed by atoms with E-state index in [1.165, 1.54) is 62.9 Å². The predicted molar refractivity (Wildman–Crippen MR) is 128 cm³/mol. The third-order valence-corrected chi connectivity index (χ3v) is 6.89. The maximum absolute atomic E-state index is 4.91. The van der Waals surface area contributed by atoms with Crippen LogP contribution in [0.4, 0.5) is 0 Å². The summed E-state index contributed by atoms with van der Waals surface area (Å²) in [5.41, 5.74) is 2.86. The van der Waals surface area contributed by atoms with Crippen molar-refractivity contribution >= 4 is 5.96 Å². The third-order valence-electron chi connectivity index (χ3n) is 6.89. The lowest BCUT2D eigenvalue weighted by molar-refractivity contribution is 0.188. The molecule has 2 N–H and O–H groups in total. The van der Waals surface area contributed by atoms with Crippen LogP contribution < -0.4 is 10.6 Å². The summed E-state index contributed by atoms with van der Waals surface area (Å²) in [4.78, 5) is 10.1. The number of piperidine rings is 2. The second-order valence-corrected chi connectivity index (χ2v) is 9.05. The average molecular weight is 414 g/mol. The monoisotopic (exact) mass is 413 g/mol. The maximum Gasteiger partial charge on any atom is 0.191 e. The highest BCUT2D eigenvalue weighted by molar-refractivity contribution is 5.80. The molecule has 2 aliphatic heterocycles. The summed E-state index contributed by atoms with van der Waals surface area (Å²) in [5, 5.41) is 7.17. The lowest BCUT2D eigenvalue weighted by Gasteiger charge is -2.33. The Morgan fingerprint density at radius 1 is 1.00 bits per heavy atom. The van der Waals surface area contributed by atoms with Gasteiger partial charge in [-0.3, -0.25) is 9.89 Å². The molecule has 1 aromatic rings. The second kappa shape index (κ2) is 12.3. The number of benzene rings is 1. The zero-order valence-corrected chi connectivity index (χ0v) is 19.5. The van der Waals surface area contributed by atoms with Crippen LogP contribution in [-0.2, 0) is 6.54 Å². The van der Waals surface area contributed by atoms with Crippen molar-refractivity contribution in [1.29, 1.82) is 0 Å². The molecule has 0 bridgehead atoms. The molecule has 0 aromatic heterocycles. The van der Waals surface area contributed by atoms with Gasteiger partial charge in [0.1, 0.15) is 0 Å². The number of aliphatic imine (C=N–C) groups is 1. The fraction of sp³-hybridized carbons (Fsp3) is 0.720. The first-order valence-corrected chi connectivity index (χ1v) is 12.2. The van der Waals surface area contributed by atoms with Crippen LogP contribution in [0.15, 0.2) is 29.3 Å². The Bertz CT molecular complexity index is 643. The summed E-state index contributed by atoms with van der Waals surface area (Å²) >= 11 is 0. The van der Waals surface area contributed by atoms with E-state index in [0.29, 0.717) is 6.04 Å². The molecule has 2 saturated heterocycles. The van der Waals surface area contributed by atoms with Crippen molar-refractivity contribution in [3.8, 4) is 0 Å². The quantitative estimate of drug-likeness (QED) is 0.504. The summed E-state index contributed by atoms with van der Waals surface area (Å²) in [7, 11) is 0. The summed E-state index contributed by atoms with van der Waals surface area (Å²) in [5.74, 6) is 1.87. The summed E-state index contributed by atoms with van der Waals surface area (Å²) in [6, 6.07) is 9.30. The van der Waals surface area contributed by atoms with E-state index < -0.39 is 0 Å². The van der Waals surface area contributed by atoms with Gasteiger partial charge in [0, 0.05) is 38.8 Å². The van der Waals surface area contributed by atoms with Crippen LogP contribution in [0.5, 0.6) is 0 Å². The normalized spacial score (nSPS) is 20.4. The molecule has 5 heteroatoms. The molecule has 168 valence electrons. The highest BCUT2D eigenvalue weighted by Crippen LogP contribution is 2.20. The second-order valence-electron chi connectivity index (χ2n) is 9.05. The molecule has 0 amide bonds. The van der Waals surface area contributed by atoms with Crippen molar-refractivity contribution in [2.45, 2.75) is 65.5 Å². The third kappa shape index (κ3) is 7.28. The van der Waals surface area contributed by atoms with Gasteiger partial charge in [0.05, 0.1) is 0 Å². The van der Waals surface area contributed by atoms with Gasteiger partial charge in [0.25, 0.3) is 0 Å². The van der Waals surface area contributed by atoms with Crippen molar-refractivity contribution < 1.29 is 0 Å². The van der Waals surface area contributed by atoms with Crippen molar-refractivity contribution in [2.75, 3.05) is 45.8 Å². The summed E-state index contributed by atoms with van der Waals surface area (Å²) < 4.78 is 0. The summed E-state index contributed by atoms with van der Waals surface area (Å²) in [6.45, 7) is 15.6. The number of hydrogen-bond acceptors (Lipinski definition) is 3. The van der Waals surface area contributed by atoms with Gasteiger partial charge in [0.2, 0.25) is 0 Å². The lowest BCUT2D eigenvalue weighted by atomic mass is 9.94. The Balaban J connectivity index is 1.40. The van der Waals surface area contributed by atoms with E-state index in [2.05, 4.69) is 65.5 Å². The summed E-state index contributed by atoms with van der Waals surface area (Å²) in [6.07, 6.45) is 6.28. The molecule has 0 saturated carbocycles. The molecular formula is C25H43N5. The molecule has 30 heavy (non-hydrogen) atoms. The molecule has 1 aromatic carbocycles. The minimum Gasteiger partial charge on any atom is -0.357 e. The number of likely N-dealkylation sites (tertiary alicyclic amines) is 2. The Morgan fingerprint density at radius 2 is 1.70 bits per heavy atom. The molecule has 0 aliphatic carbocycles. The lowest BCUT2D eigenvalue weighted by Crippen LogP contribution is -2.48. The van der Waals surface area contributed by atoms with Crippen LogP contribution in [0, 0.1) is 12.8 Å². The van der Waals surface area contributed by atoms with Gasteiger partial charge >= 0.3 is 0 Å². The fourth-order valence-corrected chi connectivity index (χ4v) is 4.73. The van der Waals surface area contributed by atoms with Crippen LogP contribution in [-0.4, -0.2) is 67.6 Å². The van der Waals surface area contributed by atoms with E-state index in [1.54, 1.807) is 0 Å². The largest absolute Gasteiger partial charge is 0.357 e. The van der Waals surface area contributed by atoms with Crippen molar-refractivity contribution in [3.05, 3.63) is 35.4 Å². The fourth-order valence-electron chi connectivity index (χ4n) is 4.73. The average Bonchev–Trinajstić information content (AvgIpc) is 2.77. The van der Waals surface area contributed by atoms with E-state index in [9.17, 15) is 0 Å². The first-order chi connectivity index (χ1) is 14.7. The molecule has 2 heterocycles. The van der Waals surface area contributed by atoms with Crippen LogP contribution in [0.2, 0.25) is 0 Å². The van der Waals surface area contributed by atoms with E-state index in [0.717, 1.165) is 44.6 Å². The van der Waals surface area contributed by atoms with E-state index in [-0.39, 0.29) is 0 Å². The minimum atomic E-state index is 0.531. The van der Waals surface area contributed by atoms with Gasteiger partial charge < -0.3 is 15.5 Å². The van der Waals surface area contributed by atoms with Gasteiger partial charge in [-0.15, -0.1) is 0 Å². The molecule has 5 nitrogen and oxygen atoms in total. The molecule has 3 rings (SSSR count). The number of nitrogens with one attached hydrogen (secondary N) is 2. The van der Waals surface area contributed by atoms with Crippen LogP contribution in [0.1, 0.15) is 57.1 Å². The number of aryl methyl sites for hydroxylation is 1. The molecule has 2 fully saturated rings. The topological polar surface area (TPSA) is 42.9 Å². The van der Waals surface area contributed by atoms with Gasteiger partial charge in [-0.2, -0.15) is 0 Å². The van der Waals surface area contributed by atoms with Crippen LogP contribution in [0.3, 0.4) is 0 Å². The molecule has 0 radical (unpaired) electrons. The maximum atomic E-state index is 4.91. The van der Waals surface area contributed by atoms with Gasteiger partial charge in [0.15, 0.2) is 5.96 Å². The van der Waals surface area contributed by atoms with Crippen molar-refractivity contribution in [3.63, 3.8) is 0 Å². The Kier molecular flexibility index (Phi) is 9.47. The van der Waals surface area contributed by atoms with Crippen LogP contribution >= 0.6 is 0 Å². The highest BCUT2D eigenvalue weighted by atomic mass is 15.2. The molecule has 0 unspecified atom stereocenters. The molecule has 0 atom stereocenters. The minimum absolute atomic E-state index is 0.531. The van der Waals surface area contributed by atoms with Gasteiger partial charge in [-0.1, -0.05) is 31.2 Å². The SMILES string of the molecule is CCNC(=NCCC1CCN(CC)CC1)NC1CCN(Cc2ccccc2C)CC1. The smallest absolute Gasteiger partial charge is 0.191 e. The first kappa shape index (κ1) is 23.1. The van der Waals surface area contributed by atoms with E-state index in [4.69, 9.17) is 4.99 Å². The standard InChI is InChI=1S/C25H43N5/c1-4-26-25(27-15-10-22-11-16-29(5-2)17-12-22)28-24-13-18-30(19-14-24)20-23-9-7-6-8-21(23)3/h6-9,22,24H,4-5,10-20H2,1-3H3,(H2,26,27,28). The number of rotatable bonds is 8. The molecule has 0 spiro atoms. The van der Waals surface area contributed by atoms with Gasteiger partial charge in [-0.25, -0.2) is 0 Å². The number of guanidine groups is 1. The predicted octanol–water partition coefficient (Wildman–Crippen LogP) is 3.64. The van der Waals surface area contributed by atoms with E-state index >= 15 is 0 Å². The van der Waals surface area contributed by atoms with E-state index in [1.807, 2.05) is 0 Å². The van der Waals surface area contributed by atoms with Gasteiger partial charge in [-0.05, 0) is 82.6 Å². The Hall–Kier alpha value is -1.59. The first-order valence-electron chi connectivity index (χ1n) is 12.2. The molecular weight excluding hydrogens is 370 g/mol. The highest BCUT2D eigenvalue weighted by Gasteiger charge is 2.21. The molecule has 2 aliphatic rings. The van der Waals surface area contributed by atoms with Crippen molar-refractivity contribution in [2.24, 2.45) is 10.9 Å². The number of nitrogens with zero attached hydrogens (tertiary/aromatic N) is 3. The Morgan fingerprint density at radius 3 is 2.37 bits per heavy atom. The number of hydrogen-bond donors (Lipinski definition) is 2. The van der Waals surface area contributed by atoms with Crippen LogP contribution in [0.25, 0.3) is 0 Å². The zero-order valence-electron chi connectivity index (χ0n) is 19.5. The Labute approximate surface area is 184 Å². The zero-order chi connectivity index (χ0) is 21.2.